The molecule has 0 bridgehead atoms. The number of carboxylic acids is 1. The van der Waals surface area contributed by atoms with Crippen molar-refractivity contribution in [2.75, 3.05) is 0 Å². The third-order valence-corrected chi connectivity index (χ3v) is 3.17. The maximum atomic E-state index is 11.3. The number of carbonyl (C=O) groups is 1. The Balaban J connectivity index is 2.53. The standard InChI is InChI=1S/C15H10O4/c16-12-7-10-5-8-3-1-2-4-9(8)6-11(10)13(14(12)17)15(18)19/h1-7,16-17H,(H,18,19). The summed E-state index contributed by atoms with van der Waals surface area (Å²) in [7, 11) is 0. The van der Waals surface area contributed by atoms with Gasteiger partial charge in [0.15, 0.2) is 11.5 Å². The van der Waals surface area contributed by atoms with Gasteiger partial charge in [0.2, 0.25) is 0 Å². The van der Waals surface area contributed by atoms with Crippen molar-refractivity contribution in [1.82, 2.24) is 0 Å². The molecule has 19 heavy (non-hydrogen) atoms. The molecule has 0 aromatic heterocycles. The Morgan fingerprint density at radius 1 is 0.895 bits per heavy atom. The number of hydrogen-bond acceptors (Lipinski definition) is 3. The molecule has 0 aliphatic carbocycles. The smallest absolute Gasteiger partial charge is 0.340 e. The quantitative estimate of drug-likeness (QED) is 0.460. The molecule has 0 aliphatic heterocycles. The topological polar surface area (TPSA) is 77.8 Å². The Labute approximate surface area is 108 Å². The summed E-state index contributed by atoms with van der Waals surface area (Å²) in [6.07, 6.45) is 0. The van der Waals surface area contributed by atoms with E-state index >= 15 is 0 Å². The first-order valence-electron chi connectivity index (χ1n) is 5.68. The van der Waals surface area contributed by atoms with E-state index in [1.807, 2.05) is 24.3 Å². The fourth-order valence-electron chi connectivity index (χ4n) is 2.28. The second-order valence-corrected chi connectivity index (χ2v) is 4.34. The zero-order valence-corrected chi connectivity index (χ0v) is 9.79. The summed E-state index contributed by atoms with van der Waals surface area (Å²) in [5, 5.41) is 31.3. The predicted octanol–water partition coefficient (Wildman–Crippen LogP) is 3.10. The molecule has 0 heterocycles. The van der Waals surface area contributed by atoms with Crippen molar-refractivity contribution < 1.29 is 20.1 Å². The summed E-state index contributed by atoms with van der Waals surface area (Å²) >= 11 is 0. The normalized spacial score (nSPS) is 10.9. The van der Waals surface area contributed by atoms with E-state index in [-0.39, 0.29) is 5.56 Å². The van der Waals surface area contributed by atoms with Crippen LogP contribution in [0.4, 0.5) is 0 Å². The lowest BCUT2D eigenvalue weighted by atomic mass is 9.98. The van der Waals surface area contributed by atoms with Gasteiger partial charge in [-0.2, -0.15) is 0 Å². The molecule has 3 N–H and O–H groups in total. The van der Waals surface area contributed by atoms with Crippen molar-refractivity contribution in [3.8, 4) is 11.5 Å². The largest absolute Gasteiger partial charge is 0.504 e. The molecule has 0 saturated carbocycles. The van der Waals surface area contributed by atoms with Crippen molar-refractivity contribution in [2.24, 2.45) is 0 Å². The Bertz CT molecular complexity index is 821. The molecular weight excluding hydrogens is 244 g/mol. The van der Waals surface area contributed by atoms with Crippen molar-refractivity contribution in [1.29, 1.82) is 0 Å². The van der Waals surface area contributed by atoms with Gasteiger partial charge >= 0.3 is 5.97 Å². The first-order chi connectivity index (χ1) is 9.08. The van der Waals surface area contributed by atoms with Gasteiger partial charge in [0.05, 0.1) is 0 Å². The summed E-state index contributed by atoms with van der Waals surface area (Å²) in [6, 6.07) is 12.4. The van der Waals surface area contributed by atoms with Crippen LogP contribution in [0.3, 0.4) is 0 Å². The predicted molar refractivity (Wildman–Crippen MR) is 71.7 cm³/mol. The summed E-state index contributed by atoms with van der Waals surface area (Å²) in [5.41, 5.74) is -0.277. The van der Waals surface area contributed by atoms with Crippen LogP contribution in [0, 0.1) is 0 Å². The van der Waals surface area contributed by atoms with Crippen LogP contribution in [0.5, 0.6) is 11.5 Å². The lowest BCUT2D eigenvalue weighted by Gasteiger charge is -2.09. The molecule has 0 radical (unpaired) electrons. The molecule has 0 aliphatic rings. The lowest BCUT2D eigenvalue weighted by Crippen LogP contribution is -1.98. The summed E-state index contributed by atoms with van der Waals surface area (Å²) in [6.45, 7) is 0. The van der Waals surface area contributed by atoms with Gasteiger partial charge in [0.1, 0.15) is 5.56 Å². The number of rotatable bonds is 1. The number of fused-ring (bicyclic) bond motifs is 2. The Morgan fingerprint density at radius 2 is 1.53 bits per heavy atom. The molecule has 0 spiro atoms. The number of aromatic carboxylic acids is 1. The van der Waals surface area contributed by atoms with Crippen LogP contribution in [0.25, 0.3) is 21.5 Å². The van der Waals surface area contributed by atoms with Gasteiger partial charge in [0.25, 0.3) is 0 Å². The van der Waals surface area contributed by atoms with Crippen molar-refractivity contribution in [3.63, 3.8) is 0 Å². The van der Waals surface area contributed by atoms with Gasteiger partial charge in [0, 0.05) is 5.39 Å². The third kappa shape index (κ3) is 1.65. The molecular formula is C15H10O4. The minimum Gasteiger partial charge on any atom is -0.504 e. The SMILES string of the molecule is O=C(O)c1c(O)c(O)cc2cc3ccccc3cc12. The Hall–Kier alpha value is -2.75. The van der Waals surface area contributed by atoms with E-state index < -0.39 is 17.5 Å². The van der Waals surface area contributed by atoms with Gasteiger partial charge in [-0.3, -0.25) is 0 Å². The molecule has 0 amide bonds. The van der Waals surface area contributed by atoms with E-state index in [1.54, 1.807) is 12.1 Å². The second-order valence-electron chi connectivity index (χ2n) is 4.34. The minimum absolute atomic E-state index is 0.277. The number of carboxylic acid groups (broad SMARTS) is 1. The van der Waals surface area contributed by atoms with Gasteiger partial charge < -0.3 is 15.3 Å². The minimum atomic E-state index is -1.27. The van der Waals surface area contributed by atoms with Crippen LogP contribution in [0.1, 0.15) is 10.4 Å². The van der Waals surface area contributed by atoms with E-state index in [4.69, 9.17) is 0 Å². The van der Waals surface area contributed by atoms with Crippen LogP contribution in [-0.2, 0) is 0 Å². The highest BCUT2D eigenvalue weighted by Gasteiger charge is 2.18. The molecule has 94 valence electrons. The van der Waals surface area contributed by atoms with Gasteiger partial charge in [-0.1, -0.05) is 24.3 Å². The highest BCUT2D eigenvalue weighted by atomic mass is 16.4. The third-order valence-electron chi connectivity index (χ3n) is 3.17. The highest BCUT2D eigenvalue weighted by molar-refractivity contribution is 6.11. The van der Waals surface area contributed by atoms with Crippen molar-refractivity contribution in [2.45, 2.75) is 0 Å². The molecule has 0 unspecified atom stereocenters. The molecule has 4 heteroatoms. The summed E-state index contributed by atoms with van der Waals surface area (Å²) in [5.74, 6) is -2.30. The molecule has 3 aromatic rings. The molecule has 3 aromatic carbocycles. The van der Waals surface area contributed by atoms with E-state index in [0.29, 0.717) is 10.8 Å². The first kappa shape index (κ1) is 11.3. The maximum absolute atomic E-state index is 11.3. The van der Waals surface area contributed by atoms with Crippen LogP contribution < -0.4 is 0 Å². The second kappa shape index (κ2) is 3.88. The molecule has 0 atom stereocenters. The van der Waals surface area contributed by atoms with Crippen LogP contribution in [0.2, 0.25) is 0 Å². The maximum Gasteiger partial charge on any atom is 0.340 e. The average Bonchev–Trinajstić information content (AvgIpc) is 2.37. The number of hydrogen-bond donors (Lipinski definition) is 3. The van der Waals surface area contributed by atoms with E-state index in [1.165, 1.54) is 6.07 Å². The number of phenolic OH excluding ortho intramolecular Hbond substituents is 1. The van der Waals surface area contributed by atoms with Gasteiger partial charge in [-0.05, 0) is 34.4 Å². The summed E-state index contributed by atoms with van der Waals surface area (Å²) < 4.78 is 0. The Morgan fingerprint density at radius 3 is 2.16 bits per heavy atom. The molecule has 0 fully saturated rings. The lowest BCUT2D eigenvalue weighted by molar-refractivity contribution is 0.0695. The monoisotopic (exact) mass is 254 g/mol. The number of phenols is 2. The number of benzene rings is 3. The van der Waals surface area contributed by atoms with Crippen LogP contribution >= 0.6 is 0 Å². The molecule has 3 rings (SSSR count). The zero-order chi connectivity index (χ0) is 13.6. The average molecular weight is 254 g/mol. The number of aromatic hydroxyl groups is 2. The highest BCUT2D eigenvalue weighted by Crippen LogP contribution is 2.37. The summed E-state index contributed by atoms with van der Waals surface area (Å²) in [4.78, 5) is 11.3. The van der Waals surface area contributed by atoms with E-state index in [9.17, 15) is 20.1 Å². The van der Waals surface area contributed by atoms with Crippen molar-refractivity contribution in [3.05, 3.63) is 48.0 Å². The van der Waals surface area contributed by atoms with Gasteiger partial charge in [-0.15, -0.1) is 0 Å². The molecule has 0 saturated heterocycles. The van der Waals surface area contributed by atoms with Gasteiger partial charge in [-0.25, -0.2) is 4.79 Å². The van der Waals surface area contributed by atoms with Crippen LogP contribution in [-0.4, -0.2) is 21.3 Å². The van der Waals surface area contributed by atoms with E-state index in [0.717, 1.165) is 10.8 Å². The molecule has 4 nitrogen and oxygen atoms in total. The van der Waals surface area contributed by atoms with Crippen molar-refractivity contribution >= 4 is 27.5 Å². The van der Waals surface area contributed by atoms with E-state index in [2.05, 4.69) is 0 Å². The zero-order valence-electron chi connectivity index (χ0n) is 9.79. The fourth-order valence-corrected chi connectivity index (χ4v) is 2.28. The first-order valence-corrected chi connectivity index (χ1v) is 5.68. The fraction of sp³-hybridized carbons (Fsp3) is 0. The van der Waals surface area contributed by atoms with Crippen LogP contribution in [0.15, 0.2) is 42.5 Å². The Kier molecular flexibility index (Phi) is 2.32.